The lowest BCUT2D eigenvalue weighted by Crippen LogP contribution is -2.38. The Morgan fingerprint density at radius 1 is 0.900 bits per heavy atom. The van der Waals surface area contributed by atoms with Crippen molar-refractivity contribution in [1.82, 2.24) is 5.43 Å². The molecule has 20 heavy (non-hydrogen) atoms. The molecule has 0 amide bonds. The van der Waals surface area contributed by atoms with Crippen LogP contribution in [0.25, 0.3) is 0 Å². The number of hydrogen-bond donors (Lipinski definition) is 2. The van der Waals surface area contributed by atoms with Gasteiger partial charge < -0.3 is 0 Å². The van der Waals surface area contributed by atoms with Crippen molar-refractivity contribution < 1.29 is 13.2 Å². The van der Waals surface area contributed by atoms with Gasteiger partial charge in [0.25, 0.3) is 0 Å². The van der Waals surface area contributed by atoms with Crippen molar-refractivity contribution >= 4 is 0 Å². The van der Waals surface area contributed by atoms with Crippen LogP contribution >= 0.6 is 0 Å². The summed E-state index contributed by atoms with van der Waals surface area (Å²) in [5.41, 5.74) is 3.70. The van der Waals surface area contributed by atoms with Crippen LogP contribution in [-0.4, -0.2) is 6.04 Å². The van der Waals surface area contributed by atoms with Crippen LogP contribution in [0.3, 0.4) is 0 Å². The van der Waals surface area contributed by atoms with E-state index in [2.05, 4.69) is 5.43 Å². The summed E-state index contributed by atoms with van der Waals surface area (Å²) in [7, 11) is 0. The highest BCUT2D eigenvalue weighted by Gasteiger charge is 2.13. The Hall–Kier alpha value is -1.85. The van der Waals surface area contributed by atoms with Crippen LogP contribution in [0.2, 0.25) is 0 Å². The first-order chi connectivity index (χ1) is 9.60. The van der Waals surface area contributed by atoms with E-state index in [1.165, 1.54) is 12.1 Å². The fourth-order valence-electron chi connectivity index (χ4n) is 2.07. The van der Waals surface area contributed by atoms with Crippen molar-refractivity contribution in [1.29, 1.82) is 0 Å². The summed E-state index contributed by atoms with van der Waals surface area (Å²) in [6.07, 6.45) is 0.740. The molecule has 0 spiro atoms. The first kappa shape index (κ1) is 14.6. The second-order valence-electron chi connectivity index (χ2n) is 4.61. The minimum atomic E-state index is -0.899. The summed E-state index contributed by atoms with van der Waals surface area (Å²) in [5, 5.41) is 0. The molecule has 0 saturated carbocycles. The first-order valence-electron chi connectivity index (χ1n) is 6.23. The minimum absolute atomic E-state index is 0.267. The maximum atomic E-state index is 13.6. The molecule has 3 N–H and O–H groups in total. The van der Waals surface area contributed by atoms with Gasteiger partial charge in [-0.15, -0.1) is 0 Å². The standard InChI is InChI=1S/C15H15F3N2/c16-13-4-2-1-3-11(13)9-12(20-19)7-10-5-6-14(17)15(18)8-10/h1-6,8,12,20H,7,9,19H2. The molecule has 0 radical (unpaired) electrons. The zero-order chi connectivity index (χ0) is 14.5. The third-order valence-corrected chi connectivity index (χ3v) is 3.13. The van der Waals surface area contributed by atoms with Crippen LogP contribution in [0.1, 0.15) is 11.1 Å². The summed E-state index contributed by atoms with van der Waals surface area (Å²) in [6, 6.07) is 9.82. The van der Waals surface area contributed by atoms with Crippen molar-refractivity contribution in [3.05, 3.63) is 71.0 Å². The Labute approximate surface area is 115 Å². The molecular formula is C15H15F3N2. The summed E-state index contributed by atoms with van der Waals surface area (Å²) in [4.78, 5) is 0. The van der Waals surface area contributed by atoms with Gasteiger partial charge in [-0.2, -0.15) is 0 Å². The molecule has 2 aromatic rings. The van der Waals surface area contributed by atoms with Gasteiger partial charge in [0.15, 0.2) is 11.6 Å². The van der Waals surface area contributed by atoms with Gasteiger partial charge in [-0.1, -0.05) is 24.3 Å². The van der Waals surface area contributed by atoms with E-state index >= 15 is 0 Å². The van der Waals surface area contributed by atoms with Crippen molar-refractivity contribution in [3.63, 3.8) is 0 Å². The Morgan fingerprint density at radius 3 is 2.30 bits per heavy atom. The molecule has 1 unspecified atom stereocenters. The van der Waals surface area contributed by atoms with E-state index in [4.69, 9.17) is 5.84 Å². The van der Waals surface area contributed by atoms with Gasteiger partial charge in [0.05, 0.1) is 0 Å². The molecule has 1 atom stereocenters. The quantitative estimate of drug-likeness (QED) is 0.653. The first-order valence-corrected chi connectivity index (χ1v) is 6.23. The molecule has 0 fully saturated rings. The van der Waals surface area contributed by atoms with E-state index in [-0.39, 0.29) is 11.9 Å². The van der Waals surface area contributed by atoms with E-state index in [0.717, 1.165) is 12.1 Å². The average molecular weight is 280 g/mol. The number of nitrogens with one attached hydrogen (secondary N) is 1. The molecule has 106 valence electrons. The van der Waals surface area contributed by atoms with E-state index in [9.17, 15) is 13.2 Å². The molecule has 5 heteroatoms. The third kappa shape index (κ3) is 3.59. The van der Waals surface area contributed by atoms with E-state index < -0.39 is 11.6 Å². The predicted molar refractivity (Wildman–Crippen MR) is 71.3 cm³/mol. The normalized spacial score (nSPS) is 12.4. The molecule has 0 aliphatic rings. The highest BCUT2D eigenvalue weighted by Crippen LogP contribution is 2.14. The van der Waals surface area contributed by atoms with Crippen LogP contribution in [0, 0.1) is 17.5 Å². The zero-order valence-corrected chi connectivity index (χ0v) is 10.7. The van der Waals surface area contributed by atoms with Gasteiger partial charge in [0.1, 0.15) is 5.82 Å². The Bertz CT molecular complexity index is 587. The summed E-state index contributed by atoms with van der Waals surface area (Å²) >= 11 is 0. The maximum Gasteiger partial charge on any atom is 0.159 e. The average Bonchev–Trinajstić information content (AvgIpc) is 2.44. The zero-order valence-electron chi connectivity index (χ0n) is 10.7. The van der Waals surface area contributed by atoms with Gasteiger partial charge in [-0.3, -0.25) is 11.3 Å². The van der Waals surface area contributed by atoms with Crippen LogP contribution in [-0.2, 0) is 12.8 Å². The number of hydrogen-bond acceptors (Lipinski definition) is 2. The van der Waals surface area contributed by atoms with Crippen molar-refractivity contribution in [2.75, 3.05) is 0 Å². The van der Waals surface area contributed by atoms with Crippen LogP contribution < -0.4 is 11.3 Å². The smallest absolute Gasteiger partial charge is 0.159 e. The third-order valence-electron chi connectivity index (χ3n) is 3.13. The SMILES string of the molecule is NNC(Cc1ccc(F)c(F)c1)Cc1ccccc1F. The van der Waals surface area contributed by atoms with Crippen molar-refractivity contribution in [3.8, 4) is 0 Å². The molecule has 2 rings (SSSR count). The Balaban J connectivity index is 2.09. The molecule has 2 nitrogen and oxygen atoms in total. The minimum Gasteiger partial charge on any atom is -0.271 e. The summed E-state index contributed by atoms with van der Waals surface area (Å²) in [5.74, 6) is 3.35. The van der Waals surface area contributed by atoms with Gasteiger partial charge in [-0.25, -0.2) is 13.2 Å². The van der Waals surface area contributed by atoms with E-state index in [1.807, 2.05) is 0 Å². The second-order valence-corrected chi connectivity index (χ2v) is 4.61. The lowest BCUT2D eigenvalue weighted by Gasteiger charge is -2.16. The lowest BCUT2D eigenvalue weighted by atomic mass is 9.99. The summed E-state index contributed by atoms with van der Waals surface area (Å²) in [6.45, 7) is 0. The number of nitrogens with two attached hydrogens (primary N) is 1. The van der Waals surface area contributed by atoms with Gasteiger partial charge >= 0.3 is 0 Å². The van der Waals surface area contributed by atoms with Crippen molar-refractivity contribution in [2.45, 2.75) is 18.9 Å². The van der Waals surface area contributed by atoms with Gasteiger partial charge in [0.2, 0.25) is 0 Å². The number of halogens is 3. The number of hydrazine groups is 1. The number of rotatable bonds is 5. The van der Waals surface area contributed by atoms with E-state index in [0.29, 0.717) is 24.0 Å². The van der Waals surface area contributed by atoms with Gasteiger partial charge in [0, 0.05) is 6.04 Å². The predicted octanol–water partition coefficient (Wildman–Crippen LogP) is 2.72. The topological polar surface area (TPSA) is 38.0 Å². The lowest BCUT2D eigenvalue weighted by molar-refractivity contribution is 0.493. The molecule has 0 aromatic heterocycles. The molecule has 0 aliphatic heterocycles. The second kappa shape index (κ2) is 6.54. The highest BCUT2D eigenvalue weighted by atomic mass is 19.2. The fraction of sp³-hybridized carbons (Fsp3) is 0.200. The Morgan fingerprint density at radius 2 is 1.65 bits per heavy atom. The highest BCUT2D eigenvalue weighted by molar-refractivity contribution is 5.22. The number of benzene rings is 2. The monoisotopic (exact) mass is 280 g/mol. The van der Waals surface area contributed by atoms with Crippen molar-refractivity contribution in [2.24, 2.45) is 5.84 Å². The largest absolute Gasteiger partial charge is 0.271 e. The molecule has 2 aromatic carbocycles. The molecule has 0 bridgehead atoms. The molecule has 0 aliphatic carbocycles. The fourth-order valence-corrected chi connectivity index (χ4v) is 2.07. The summed E-state index contributed by atoms with van der Waals surface area (Å²) < 4.78 is 39.6. The molecule has 0 saturated heterocycles. The van der Waals surface area contributed by atoms with Gasteiger partial charge in [-0.05, 0) is 42.2 Å². The van der Waals surface area contributed by atoms with Crippen LogP contribution in [0.15, 0.2) is 42.5 Å². The van der Waals surface area contributed by atoms with Crippen LogP contribution in [0.4, 0.5) is 13.2 Å². The molecule has 0 heterocycles. The van der Waals surface area contributed by atoms with E-state index in [1.54, 1.807) is 18.2 Å². The Kier molecular flexibility index (Phi) is 4.76. The van der Waals surface area contributed by atoms with Crippen LogP contribution in [0.5, 0.6) is 0 Å². The maximum absolute atomic E-state index is 13.6. The molecular weight excluding hydrogens is 265 g/mol.